The van der Waals surface area contributed by atoms with E-state index in [1.165, 1.54) is 6.92 Å². The van der Waals surface area contributed by atoms with Crippen LogP contribution in [0, 0.1) is 0 Å². The number of aromatic nitrogens is 2. The smallest absolute Gasteiger partial charge is 0.222 e. The normalized spacial score (nSPS) is 10.6. The molecule has 1 heterocycles. The summed E-state index contributed by atoms with van der Waals surface area (Å²) >= 11 is 9.40. The number of hydrogen-bond donors (Lipinski definition) is 1. The Bertz CT molecular complexity index is 874. The Labute approximate surface area is 153 Å². The van der Waals surface area contributed by atoms with E-state index in [0.717, 1.165) is 21.3 Å². The van der Waals surface area contributed by atoms with Gasteiger partial charge in [-0.25, -0.2) is 4.68 Å². The molecule has 4 nitrogen and oxygen atoms in total. The third-order valence-corrected chi connectivity index (χ3v) is 4.20. The Kier molecular flexibility index (Phi) is 5.02. The average Bonchev–Trinajstić information content (AvgIpc) is 2.92. The van der Waals surface area contributed by atoms with Gasteiger partial charge in [0.25, 0.3) is 0 Å². The molecule has 0 aliphatic rings. The van der Waals surface area contributed by atoms with Crippen molar-refractivity contribution < 1.29 is 4.79 Å². The average molecular weight is 405 g/mol. The Morgan fingerprint density at radius 1 is 1.21 bits per heavy atom. The van der Waals surface area contributed by atoms with E-state index in [-0.39, 0.29) is 5.91 Å². The van der Waals surface area contributed by atoms with Crippen molar-refractivity contribution in [3.8, 4) is 11.3 Å². The lowest BCUT2D eigenvalue weighted by Crippen LogP contribution is -2.12. The summed E-state index contributed by atoms with van der Waals surface area (Å²) in [7, 11) is 0. The predicted octanol–water partition coefficient (Wildman–Crippen LogP) is 4.97. The third-order valence-electron chi connectivity index (χ3n) is 3.45. The van der Waals surface area contributed by atoms with E-state index in [1.807, 2.05) is 54.6 Å². The van der Waals surface area contributed by atoms with Gasteiger partial charge in [-0.3, -0.25) is 4.79 Å². The molecule has 0 bridgehead atoms. The number of carbonyl (C=O) groups excluding carboxylic acids is 1. The second-order valence-electron chi connectivity index (χ2n) is 5.39. The summed E-state index contributed by atoms with van der Waals surface area (Å²) < 4.78 is 2.76. The van der Waals surface area contributed by atoms with Gasteiger partial charge in [0.2, 0.25) is 5.91 Å². The minimum absolute atomic E-state index is 0.131. The lowest BCUT2D eigenvalue weighted by Gasteiger charge is -2.07. The first kappa shape index (κ1) is 16.7. The van der Waals surface area contributed by atoms with Gasteiger partial charge in [0.05, 0.1) is 12.2 Å². The summed E-state index contributed by atoms with van der Waals surface area (Å²) in [6, 6.07) is 17.3. The van der Waals surface area contributed by atoms with Gasteiger partial charge >= 0.3 is 0 Å². The van der Waals surface area contributed by atoms with Crippen molar-refractivity contribution >= 4 is 39.3 Å². The predicted molar refractivity (Wildman–Crippen MR) is 100 cm³/mol. The van der Waals surface area contributed by atoms with Gasteiger partial charge in [0.1, 0.15) is 5.82 Å². The zero-order valence-corrected chi connectivity index (χ0v) is 15.3. The van der Waals surface area contributed by atoms with Crippen molar-refractivity contribution in [3.63, 3.8) is 0 Å². The van der Waals surface area contributed by atoms with E-state index >= 15 is 0 Å². The highest BCUT2D eigenvalue weighted by molar-refractivity contribution is 9.10. The lowest BCUT2D eigenvalue weighted by molar-refractivity contribution is -0.114. The molecule has 1 N–H and O–H groups in total. The van der Waals surface area contributed by atoms with Crippen LogP contribution in [-0.2, 0) is 11.3 Å². The summed E-state index contributed by atoms with van der Waals surface area (Å²) in [4.78, 5) is 11.5. The van der Waals surface area contributed by atoms with Crippen LogP contribution < -0.4 is 5.32 Å². The van der Waals surface area contributed by atoms with Crippen LogP contribution in [0.3, 0.4) is 0 Å². The number of rotatable bonds is 4. The number of anilines is 1. The van der Waals surface area contributed by atoms with Gasteiger partial charge in [0.15, 0.2) is 0 Å². The summed E-state index contributed by atoms with van der Waals surface area (Å²) in [5, 5.41) is 8.16. The van der Waals surface area contributed by atoms with Gasteiger partial charge in [-0.2, -0.15) is 5.10 Å². The van der Waals surface area contributed by atoms with Crippen LogP contribution in [0.4, 0.5) is 5.82 Å². The number of hydrogen-bond acceptors (Lipinski definition) is 2. The second kappa shape index (κ2) is 7.20. The van der Waals surface area contributed by atoms with Gasteiger partial charge < -0.3 is 5.32 Å². The van der Waals surface area contributed by atoms with Crippen LogP contribution in [-0.4, -0.2) is 15.7 Å². The van der Waals surface area contributed by atoms with E-state index in [2.05, 4.69) is 26.3 Å². The highest BCUT2D eigenvalue weighted by Crippen LogP contribution is 2.25. The quantitative estimate of drug-likeness (QED) is 0.667. The summed E-state index contributed by atoms with van der Waals surface area (Å²) in [5.74, 6) is 0.528. The maximum atomic E-state index is 11.5. The molecule has 0 aliphatic carbocycles. The molecule has 2 aromatic carbocycles. The molecular formula is C18H15BrClN3O. The highest BCUT2D eigenvalue weighted by atomic mass is 79.9. The number of nitrogens with one attached hydrogen (secondary N) is 1. The molecule has 0 atom stereocenters. The molecule has 3 rings (SSSR count). The maximum Gasteiger partial charge on any atom is 0.222 e. The van der Waals surface area contributed by atoms with E-state index in [9.17, 15) is 4.79 Å². The molecule has 1 amide bonds. The molecule has 0 saturated carbocycles. The number of carbonyl (C=O) groups is 1. The fourth-order valence-electron chi connectivity index (χ4n) is 2.37. The fourth-order valence-corrected chi connectivity index (χ4v) is 2.90. The van der Waals surface area contributed by atoms with Gasteiger partial charge in [-0.1, -0.05) is 51.8 Å². The molecule has 122 valence electrons. The highest BCUT2D eigenvalue weighted by Gasteiger charge is 2.11. The standard InChI is InChI=1S/C18H15BrClN3O/c1-12(24)21-18-10-17(14-3-2-4-15(19)9-14)22-23(18)11-13-5-7-16(20)8-6-13/h2-10H,11H2,1H3,(H,21,24). The Balaban J connectivity index is 1.97. The molecule has 0 fully saturated rings. The van der Waals surface area contributed by atoms with Crippen LogP contribution in [0.1, 0.15) is 12.5 Å². The topological polar surface area (TPSA) is 46.9 Å². The molecule has 0 unspecified atom stereocenters. The number of amides is 1. The summed E-state index contributed by atoms with van der Waals surface area (Å²) in [6.07, 6.45) is 0. The van der Waals surface area contributed by atoms with Crippen LogP contribution >= 0.6 is 27.5 Å². The first-order valence-corrected chi connectivity index (χ1v) is 8.54. The van der Waals surface area contributed by atoms with E-state index in [4.69, 9.17) is 11.6 Å². The van der Waals surface area contributed by atoms with Crippen LogP contribution in [0.5, 0.6) is 0 Å². The Morgan fingerprint density at radius 3 is 2.62 bits per heavy atom. The fraction of sp³-hybridized carbons (Fsp3) is 0.111. The number of halogens is 2. The molecule has 1 aromatic heterocycles. The van der Waals surface area contributed by atoms with E-state index in [1.54, 1.807) is 4.68 Å². The van der Waals surface area contributed by atoms with E-state index < -0.39 is 0 Å². The van der Waals surface area contributed by atoms with Crippen molar-refractivity contribution in [1.82, 2.24) is 9.78 Å². The Morgan fingerprint density at radius 2 is 1.96 bits per heavy atom. The number of nitrogens with zero attached hydrogens (tertiary/aromatic N) is 2. The minimum atomic E-state index is -0.131. The SMILES string of the molecule is CC(=O)Nc1cc(-c2cccc(Br)c2)nn1Cc1ccc(Cl)cc1. The van der Waals surface area contributed by atoms with Gasteiger partial charge in [-0.15, -0.1) is 0 Å². The largest absolute Gasteiger partial charge is 0.311 e. The molecule has 0 aliphatic heterocycles. The molecule has 3 aromatic rings. The van der Waals surface area contributed by atoms with Crippen LogP contribution in [0.15, 0.2) is 59.1 Å². The van der Waals surface area contributed by atoms with E-state index in [0.29, 0.717) is 17.4 Å². The lowest BCUT2D eigenvalue weighted by atomic mass is 10.1. The first-order valence-electron chi connectivity index (χ1n) is 7.37. The third kappa shape index (κ3) is 4.04. The maximum absolute atomic E-state index is 11.5. The Hall–Kier alpha value is -2.11. The number of benzene rings is 2. The molecule has 0 saturated heterocycles. The summed E-state index contributed by atoms with van der Waals surface area (Å²) in [6.45, 7) is 2.03. The van der Waals surface area contributed by atoms with Gasteiger partial charge in [0, 0.05) is 28.0 Å². The van der Waals surface area contributed by atoms with Crippen molar-refractivity contribution in [2.24, 2.45) is 0 Å². The van der Waals surface area contributed by atoms with Gasteiger partial charge in [-0.05, 0) is 29.8 Å². The molecule has 24 heavy (non-hydrogen) atoms. The van der Waals surface area contributed by atoms with Crippen molar-refractivity contribution in [2.75, 3.05) is 5.32 Å². The first-order chi connectivity index (χ1) is 11.5. The van der Waals surface area contributed by atoms with Crippen molar-refractivity contribution in [1.29, 1.82) is 0 Å². The molecule has 0 spiro atoms. The zero-order chi connectivity index (χ0) is 17.1. The molecular weight excluding hydrogens is 390 g/mol. The monoisotopic (exact) mass is 403 g/mol. The zero-order valence-electron chi connectivity index (χ0n) is 13.0. The molecule has 0 radical (unpaired) electrons. The molecule has 6 heteroatoms. The van der Waals surface area contributed by atoms with Crippen molar-refractivity contribution in [3.05, 3.63) is 69.7 Å². The minimum Gasteiger partial charge on any atom is -0.311 e. The van der Waals surface area contributed by atoms with Crippen LogP contribution in [0.25, 0.3) is 11.3 Å². The van der Waals surface area contributed by atoms with Crippen molar-refractivity contribution in [2.45, 2.75) is 13.5 Å². The second-order valence-corrected chi connectivity index (χ2v) is 6.74. The summed E-state index contributed by atoms with van der Waals surface area (Å²) in [5.41, 5.74) is 2.83. The van der Waals surface area contributed by atoms with Crippen LogP contribution in [0.2, 0.25) is 5.02 Å².